The number of piperidine rings is 1. The molecular formula is C26H40N4O4. The molecule has 188 valence electrons. The molecule has 8 nitrogen and oxygen atoms in total. The van der Waals surface area contributed by atoms with Crippen molar-refractivity contribution in [3.8, 4) is 0 Å². The molecule has 5 atom stereocenters. The number of amides is 3. The summed E-state index contributed by atoms with van der Waals surface area (Å²) < 4.78 is 0. The molecule has 2 aliphatic carbocycles. The van der Waals surface area contributed by atoms with E-state index in [0.29, 0.717) is 13.0 Å². The Morgan fingerprint density at radius 2 is 1.79 bits per heavy atom. The van der Waals surface area contributed by atoms with Crippen LogP contribution in [0.5, 0.6) is 0 Å². The minimum absolute atomic E-state index is 0.0137. The fourth-order valence-corrected chi connectivity index (χ4v) is 5.92. The average molecular weight is 473 g/mol. The molecule has 1 saturated heterocycles. The van der Waals surface area contributed by atoms with E-state index >= 15 is 0 Å². The highest BCUT2D eigenvalue weighted by atomic mass is 16.2. The minimum Gasteiger partial charge on any atom is -0.346 e. The normalized spacial score (nSPS) is 27.1. The molecule has 0 aromatic rings. The van der Waals surface area contributed by atoms with Crippen LogP contribution in [-0.2, 0) is 19.2 Å². The first-order valence-corrected chi connectivity index (χ1v) is 12.5. The molecule has 0 aromatic carbocycles. The third kappa shape index (κ3) is 5.27. The summed E-state index contributed by atoms with van der Waals surface area (Å²) >= 11 is 0. The van der Waals surface area contributed by atoms with Crippen molar-refractivity contribution in [2.24, 2.45) is 28.9 Å². The van der Waals surface area contributed by atoms with Crippen LogP contribution in [0.15, 0.2) is 25.3 Å². The number of nitrogens with zero attached hydrogens (tertiary/aromatic N) is 1. The number of carbonyl (C=O) groups is 4. The predicted octanol–water partition coefficient (Wildman–Crippen LogP) is 1.70. The molecule has 4 N–H and O–H groups in total. The lowest BCUT2D eigenvalue weighted by atomic mass is 9.83. The predicted molar refractivity (Wildman–Crippen MR) is 130 cm³/mol. The first kappa shape index (κ1) is 26.1. The van der Waals surface area contributed by atoms with Crippen LogP contribution in [0.1, 0.15) is 58.8 Å². The van der Waals surface area contributed by atoms with Crippen molar-refractivity contribution in [3.05, 3.63) is 25.3 Å². The maximum absolute atomic E-state index is 13.5. The summed E-state index contributed by atoms with van der Waals surface area (Å²) in [6.07, 6.45) is 9.05. The fourth-order valence-electron chi connectivity index (χ4n) is 5.92. The van der Waals surface area contributed by atoms with E-state index in [4.69, 9.17) is 5.73 Å². The Labute approximate surface area is 202 Å². The van der Waals surface area contributed by atoms with Crippen molar-refractivity contribution < 1.29 is 19.2 Å². The maximum atomic E-state index is 13.5. The van der Waals surface area contributed by atoms with Crippen molar-refractivity contribution in [3.63, 3.8) is 0 Å². The number of nitrogens with two attached hydrogens (primary N) is 1. The fraction of sp³-hybridized carbons (Fsp3) is 0.692. The van der Waals surface area contributed by atoms with Gasteiger partial charge >= 0.3 is 0 Å². The van der Waals surface area contributed by atoms with Gasteiger partial charge < -0.3 is 21.3 Å². The Kier molecular flexibility index (Phi) is 8.34. The van der Waals surface area contributed by atoms with Gasteiger partial charge in [0.25, 0.3) is 5.91 Å². The molecule has 0 bridgehead atoms. The molecule has 1 aliphatic heterocycles. The molecule has 3 unspecified atom stereocenters. The number of carbonyl (C=O) groups excluding carboxylic acids is 4. The zero-order valence-corrected chi connectivity index (χ0v) is 20.6. The van der Waals surface area contributed by atoms with E-state index in [1.54, 1.807) is 11.0 Å². The number of allylic oxidation sites excluding steroid dienone is 1. The second-order valence-corrected chi connectivity index (χ2v) is 10.6. The van der Waals surface area contributed by atoms with Crippen LogP contribution >= 0.6 is 0 Å². The highest BCUT2D eigenvalue weighted by molar-refractivity contribution is 6.38. The number of hydrogen-bond donors (Lipinski definition) is 3. The Hall–Kier alpha value is -2.48. The Morgan fingerprint density at radius 3 is 2.41 bits per heavy atom. The van der Waals surface area contributed by atoms with Gasteiger partial charge in [0, 0.05) is 13.1 Å². The van der Waals surface area contributed by atoms with E-state index < -0.39 is 29.8 Å². The molecule has 1 heterocycles. The lowest BCUT2D eigenvalue weighted by Crippen LogP contribution is -2.58. The summed E-state index contributed by atoms with van der Waals surface area (Å²) in [7, 11) is 0. The number of rotatable bonds is 11. The van der Waals surface area contributed by atoms with Gasteiger partial charge in [0.1, 0.15) is 6.04 Å². The SMILES string of the molecule is C=CCC[C@H](NC(=O)[C@@H]1C2C(CN1C(=O)C(N)C1CCCCC1)C2(C)C)C(=O)C(=O)NCC=C. The van der Waals surface area contributed by atoms with Crippen LogP contribution < -0.4 is 16.4 Å². The maximum Gasteiger partial charge on any atom is 0.289 e. The number of fused-ring (bicyclic) bond motifs is 1. The van der Waals surface area contributed by atoms with E-state index in [2.05, 4.69) is 37.6 Å². The van der Waals surface area contributed by atoms with Gasteiger partial charge in [-0.25, -0.2) is 0 Å². The monoisotopic (exact) mass is 472 g/mol. The van der Waals surface area contributed by atoms with Crippen LogP contribution in [-0.4, -0.2) is 59.6 Å². The number of Topliss-reactive ketones (excluding diaryl/α,β-unsaturated/α-hetero) is 1. The summed E-state index contributed by atoms with van der Waals surface area (Å²) in [5, 5.41) is 5.27. The molecule has 3 aliphatic rings. The number of hydrogen-bond acceptors (Lipinski definition) is 5. The summed E-state index contributed by atoms with van der Waals surface area (Å²) in [6, 6.07) is -2.28. The van der Waals surface area contributed by atoms with E-state index in [0.717, 1.165) is 25.7 Å². The van der Waals surface area contributed by atoms with Crippen molar-refractivity contribution in [2.45, 2.75) is 76.9 Å². The molecule has 2 saturated carbocycles. The summed E-state index contributed by atoms with van der Waals surface area (Å²) in [4.78, 5) is 53.6. The number of likely N-dealkylation sites (tertiary alicyclic amines) is 1. The van der Waals surface area contributed by atoms with Crippen molar-refractivity contribution in [1.82, 2.24) is 15.5 Å². The van der Waals surface area contributed by atoms with E-state index in [1.165, 1.54) is 12.5 Å². The van der Waals surface area contributed by atoms with Crippen molar-refractivity contribution in [1.29, 1.82) is 0 Å². The van der Waals surface area contributed by atoms with Crippen LogP contribution in [0.25, 0.3) is 0 Å². The van der Waals surface area contributed by atoms with Gasteiger partial charge in [0.05, 0.1) is 12.1 Å². The van der Waals surface area contributed by atoms with Crippen LogP contribution in [0.3, 0.4) is 0 Å². The molecule has 3 rings (SSSR count). The highest BCUT2D eigenvalue weighted by Crippen LogP contribution is 2.65. The average Bonchev–Trinajstić information content (AvgIpc) is 3.16. The standard InChI is InChI=1S/C26H40N4O4/c1-5-7-13-18(22(31)24(33)28-14-6-2)29-23(32)21-19-17(26(19,3)4)15-30(21)25(34)20(27)16-11-9-8-10-12-16/h5-6,16-21H,1-2,7-15,27H2,3-4H3,(H,28,33)(H,29,32)/t17?,18-,19?,20?,21-/m0/s1. The van der Waals surface area contributed by atoms with Crippen molar-refractivity contribution in [2.75, 3.05) is 13.1 Å². The summed E-state index contributed by atoms with van der Waals surface area (Å²) in [6.45, 7) is 12.1. The Balaban J connectivity index is 1.75. The third-order valence-electron chi connectivity index (χ3n) is 8.13. The Morgan fingerprint density at radius 1 is 1.12 bits per heavy atom. The molecule has 8 heteroatoms. The van der Waals surface area contributed by atoms with Gasteiger partial charge in [-0.2, -0.15) is 0 Å². The van der Waals surface area contributed by atoms with E-state index in [9.17, 15) is 19.2 Å². The third-order valence-corrected chi connectivity index (χ3v) is 8.13. The zero-order valence-electron chi connectivity index (χ0n) is 20.6. The van der Waals surface area contributed by atoms with Gasteiger partial charge in [-0.3, -0.25) is 19.2 Å². The Bertz CT molecular complexity index is 833. The molecule has 0 spiro atoms. The lowest BCUT2D eigenvalue weighted by molar-refractivity contribution is -0.144. The van der Waals surface area contributed by atoms with Crippen LogP contribution in [0.4, 0.5) is 0 Å². The molecule has 0 radical (unpaired) electrons. The zero-order chi connectivity index (χ0) is 25.0. The lowest BCUT2D eigenvalue weighted by Gasteiger charge is -2.35. The number of nitrogens with one attached hydrogen (secondary N) is 2. The highest BCUT2D eigenvalue weighted by Gasteiger charge is 2.69. The van der Waals surface area contributed by atoms with Gasteiger partial charge in [-0.1, -0.05) is 45.3 Å². The van der Waals surface area contributed by atoms with Gasteiger partial charge in [0.15, 0.2) is 0 Å². The van der Waals surface area contributed by atoms with Crippen molar-refractivity contribution >= 4 is 23.5 Å². The largest absolute Gasteiger partial charge is 0.346 e. The smallest absolute Gasteiger partial charge is 0.289 e. The number of ketones is 1. The van der Waals surface area contributed by atoms with Crippen LogP contribution in [0, 0.1) is 23.2 Å². The molecule has 34 heavy (non-hydrogen) atoms. The molecule has 3 amide bonds. The summed E-state index contributed by atoms with van der Waals surface area (Å²) in [5.41, 5.74) is 6.35. The van der Waals surface area contributed by atoms with Gasteiger partial charge in [-0.15, -0.1) is 13.2 Å². The molecule has 0 aromatic heterocycles. The van der Waals surface area contributed by atoms with Gasteiger partial charge in [-0.05, 0) is 48.9 Å². The molecular weight excluding hydrogens is 432 g/mol. The van der Waals surface area contributed by atoms with E-state index in [1.807, 2.05) is 0 Å². The van der Waals surface area contributed by atoms with Gasteiger partial charge in [0.2, 0.25) is 17.6 Å². The summed E-state index contributed by atoms with van der Waals surface area (Å²) in [5.74, 6) is -1.65. The second kappa shape index (κ2) is 10.8. The quantitative estimate of drug-likeness (QED) is 0.312. The van der Waals surface area contributed by atoms with Crippen LogP contribution in [0.2, 0.25) is 0 Å². The second-order valence-electron chi connectivity index (χ2n) is 10.6. The molecule has 3 fully saturated rings. The minimum atomic E-state index is -0.986. The first-order valence-electron chi connectivity index (χ1n) is 12.5. The van der Waals surface area contributed by atoms with E-state index in [-0.39, 0.29) is 47.9 Å². The topological polar surface area (TPSA) is 122 Å². The first-order chi connectivity index (χ1) is 16.1.